The Bertz CT molecular complexity index is 3650. The van der Waals surface area contributed by atoms with Gasteiger partial charge in [0.15, 0.2) is 6.61 Å². The Labute approximate surface area is 768 Å². The van der Waals surface area contributed by atoms with Crippen molar-refractivity contribution in [1.29, 1.82) is 0 Å². The molecule has 0 aliphatic carbocycles. The number of benzene rings is 9. The van der Waals surface area contributed by atoms with Crippen LogP contribution in [0.5, 0.6) is 11.5 Å². The van der Waals surface area contributed by atoms with Crippen LogP contribution in [0.1, 0.15) is 238 Å². The summed E-state index contributed by atoms with van der Waals surface area (Å²) in [6.07, 6.45) is 14.4. The van der Waals surface area contributed by atoms with Gasteiger partial charge in [-0.1, -0.05) is 357 Å². The first-order chi connectivity index (χ1) is 59.7. The monoisotopic (exact) mass is 1720 g/mol. The summed E-state index contributed by atoms with van der Waals surface area (Å²) in [5.41, 5.74) is 19.7. The molecule has 1 amide bonds. The van der Waals surface area contributed by atoms with Gasteiger partial charge in [0.25, 0.3) is 5.91 Å². The number of amides is 1. The van der Waals surface area contributed by atoms with E-state index in [4.69, 9.17) is 9.47 Å². The van der Waals surface area contributed by atoms with Gasteiger partial charge in [0.05, 0.1) is 11.4 Å². The quantitative estimate of drug-likeness (QED) is 0.0713. The molecule has 9 heterocycles. The largest absolute Gasteiger partial charge is 0.490 e. The molecule has 9 aliphatic rings. The van der Waals surface area contributed by atoms with Crippen molar-refractivity contribution in [2.24, 2.45) is 53.3 Å². The fourth-order valence-corrected chi connectivity index (χ4v) is 11.7. The molecule has 0 saturated heterocycles. The number of hydrogen-bond donors (Lipinski definition) is 9. The Balaban J connectivity index is 0.000000672. The minimum Gasteiger partial charge on any atom is -0.490 e. The molecule has 9 N–H and O–H groups in total. The lowest BCUT2D eigenvalue weighted by Crippen LogP contribution is -2.25. The summed E-state index contributed by atoms with van der Waals surface area (Å²) in [6.45, 7) is 68.9. The number of carbonyl (C=O) groups is 1. The van der Waals surface area contributed by atoms with Gasteiger partial charge in [0, 0.05) is 91.4 Å². The van der Waals surface area contributed by atoms with Gasteiger partial charge in [-0.25, -0.2) is 0 Å². The smallest absolute Gasteiger partial charge is 0.262 e. The molecule has 690 valence electrons. The molecule has 0 bridgehead atoms. The van der Waals surface area contributed by atoms with Gasteiger partial charge in [-0.3, -0.25) is 4.79 Å². The second-order valence-corrected chi connectivity index (χ2v) is 38.4. The number of hydrogen-bond acceptors (Lipinski definition) is 12. The SMILES string of the molecule is C1=Cc2ccccc2CN1.C1=Cc2ccccc2NC1.CC(C)C.CC(C)C.CC(C)C.CC(C)C.CC(C)C.CC(C)C.CC(C)C.CC(C)C.CC(C)C.O=C1COc2ccccc2N1.c1ccc2c(c1)CCCN2.c1ccc2c(c1)CCN2.c1ccc2c(c1)CCN2.c1ccc2c(c1)CCNC2.c1ccc2c(c1)NCCO2.c1ccc2c(c1)NCCS2. The van der Waals surface area contributed by atoms with Crippen LogP contribution in [0.15, 0.2) is 236 Å². The van der Waals surface area contributed by atoms with Crippen molar-refractivity contribution in [3.8, 4) is 11.5 Å². The highest BCUT2D eigenvalue weighted by atomic mass is 32.2. The number of ether oxygens (including phenoxy) is 2. The van der Waals surface area contributed by atoms with Gasteiger partial charge >= 0.3 is 0 Å². The average molecular weight is 1730 g/mol. The molecule has 0 atom stereocenters. The van der Waals surface area contributed by atoms with E-state index in [-0.39, 0.29) is 12.5 Å². The Morgan fingerprint density at radius 2 is 0.664 bits per heavy atom. The van der Waals surface area contributed by atoms with Crippen LogP contribution >= 0.6 is 11.8 Å². The molecule has 13 heteroatoms. The van der Waals surface area contributed by atoms with Crippen LogP contribution in [-0.2, 0) is 43.6 Å². The van der Waals surface area contributed by atoms with Crippen molar-refractivity contribution in [3.05, 3.63) is 275 Å². The Morgan fingerprint density at radius 3 is 1.13 bits per heavy atom. The third-order valence-electron chi connectivity index (χ3n) is 15.5. The first kappa shape index (κ1) is 113. The zero-order valence-electron chi connectivity index (χ0n) is 82.9. The molecule has 0 aromatic heterocycles. The van der Waals surface area contributed by atoms with Crippen LogP contribution in [0.3, 0.4) is 0 Å². The van der Waals surface area contributed by atoms with Crippen LogP contribution in [0, 0.1) is 53.3 Å². The second-order valence-electron chi connectivity index (χ2n) is 37.3. The van der Waals surface area contributed by atoms with Gasteiger partial charge in [0.2, 0.25) is 0 Å². The lowest BCUT2D eigenvalue weighted by atomic mass is 10.0. The van der Waals surface area contributed by atoms with Crippen LogP contribution in [0.25, 0.3) is 12.2 Å². The summed E-state index contributed by atoms with van der Waals surface area (Å²) < 4.78 is 10.5. The minimum absolute atomic E-state index is 0.0938. The van der Waals surface area contributed by atoms with Crippen LogP contribution in [0.4, 0.5) is 39.8 Å². The van der Waals surface area contributed by atoms with Crippen LogP contribution in [-0.4, -0.2) is 70.7 Å². The molecule has 9 aromatic carbocycles. The minimum atomic E-state index is -0.0938. The maximum atomic E-state index is 10.8. The van der Waals surface area contributed by atoms with Gasteiger partial charge < -0.3 is 57.3 Å². The van der Waals surface area contributed by atoms with Crippen molar-refractivity contribution in [1.82, 2.24) is 10.6 Å². The summed E-state index contributed by atoms with van der Waals surface area (Å²) in [5.74, 6) is 10.3. The predicted molar refractivity (Wildman–Crippen MR) is 560 cm³/mol. The summed E-state index contributed by atoms with van der Waals surface area (Å²) in [4.78, 5) is 12.2. The Hall–Kier alpha value is -9.56. The molecule has 125 heavy (non-hydrogen) atoms. The highest BCUT2D eigenvalue weighted by Gasteiger charge is 2.15. The van der Waals surface area contributed by atoms with Gasteiger partial charge in [-0.05, 0) is 209 Å². The zero-order valence-corrected chi connectivity index (χ0v) is 83.8. The molecule has 0 fully saturated rings. The molecule has 0 unspecified atom stereocenters. The number of thioether (sulfide) groups is 1. The van der Waals surface area contributed by atoms with E-state index < -0.39 is 0 Å². The van der Waals surface area contributed by atoms with Crippen LogP contribution < -0.4 is 57.3 Å². The zero-order chi connectivity index (χ0) is 93.0. The number of para-hydroxylation sites is 9. The molecule has 0 saturated carbocycles. The fourth-order valence-electron chi connectivity index (χ4n) is 10.8. The van der Waals surface area contributed by atoms with Gasteiger partial charge in [0.1, 0.15) is 18.1 Å². The standard InChI is InChI=1S/C9H11N.C9H9N.C9H11N.C9H9N.C8H7NO2.C8H9NO.C8H9NS.2C8H9N.9C4H10/c2*1-2-6-9-8(4-1)5-3-7-10-9;2*1-2-4-9-7-10-6-5-8(9)3-1;10-8-5-11-7-4-2-1-3-6(7)9-8;2*1-2-4-8-7(3-1)9-5-6-10-8;2*1-2-4-8-7(3-1)5-6-9-8;9*1-4(2)3/h1-2,4,6,10H,3,5,7H2;1-6,10H,7H2;1-4,10H,5-7H2;1-6,10H,7H2;1-4H,5H2,(H,9,10);2*1-4,9H,5-6H2;2*1-4,9H,5-6H2;9*4H,1-3H3. The summed E-state index contributed by atoms with van der Waals surface area (Å²) in [7, 11) is 0. The third-order valence-corrected chi connectivity index (χ3v) is 16.5. The van der Waals surface area contributed by atoms with E-state index in [0.29, 0.717) is 0 Å². The molecule has 9 aliphatic heterocycles. The fraction of sp³-hybridized carbons (Fsp3) is 0.473. The topological polar surface area (TPSA) is 144 Å². The maximum absolute atomic E-state index is 10.8. The third kappa shape index (κ3) is 62.3. The highest BCUT2D eigenvalue weighted by molar-refractivity contribution is 7.99. The number of nitrogens with one attached hydrogen (secondary N) is 9. The number of fused-ring (bicyclic) bond motifs is 9. The lowest BCUT2D eigenvalue weighted by molar-refractivity contribution is -0.118. The summed E-state index contributed by atoms with van der Waals surface area (Å²) in [5, 5.41) is 29.0. The van der Waals surface area contributed by atoms with Gasteiger partial charge in [-0.15, -0.1) is 11.8 Å². The van der Waals surface area contributed by atoms with E-state index in [9.17, 15) is 4.79 Å². The van der Waals surface area contributed by atoms with Crippen molar-refractivity contribution < 1.29 is 14.3 Å². The van der Waals surface area contributed by atoms with E-state index in [1.807, 2.05) is 72.6 Å². The molecule has 12 nitrogen and oxygen atoms in total. The van der Waals surface area contributed by atoms with E-state index in [1.54, 1.807) is 0 Å². The maximum Gasteiger partial charge on any atom is 0.262 e. The Morgan fingerprint density at radius 1 is 0.296 bits per heavy atom. The lowest BCUT2D eigenvalue weighted by Gasteiger charge is -2.17. The van der Waals surface area contributed by atoms with Crippen molar-refractivity contribution in [2.45, 2.75) is 237 Å². The van der Waals surface area contributed by atoms with Crippen LogP contribution in [0.2, 0.25) is 0 Å². The van der Waals surface area contributed by atoms with E-state index in [1.165, 1.54) is 116 Å². The summed E-state index contributed by atoms with van der Waals surface area (Å²) >= 11 is 1.93. The normalized spacial score (nSPS) is 13.2. The molecule has 18 rings (SSSR count). The van der Waals surface area contributed by atoms with E-state index in [0.717, 1.165) is 142 Å². The molecular formula is C112H173N9O3S. The van der Waals surface area contributed by atoms with E-state index >= 15 is 0 Å². The number of rotatable bonds is 0. The van der Waals surface area contributed by atoms with Gasteiger partial charge in [-0.2, -0.15) is 0 Å². The number of carbonyl (C=O) groups excluding carboxylic acids is 1. The molecule has 0 spiro atoms. The van der Waals surface area contributed by atoms with Crippen molar-refractivity contribution >= 4 is 69.6 Å². The Kier molecular flexibility index (Phi) is 65.0. The number of aryl methyl sites for hydroxylation is 1. The number of anilines is 7. The molecule has 9 aromatic rings. The first-order valence-electron chi connectivity index (χ1n) is 46.8. The average Bonchev–Trinajstić information content (AvgIpc) is 1.42. The second kappa shape index (κ2) is 71.6. The predicted octanol–water partition coefficient (Wildman–Crippen LogP) is 30.2. The summed E-state index contributed by atoms with van der Waals surface area (Å²) in [6, 6.07) is 74.6. The van der Waals surface area contributed by atoms with Crippen molar-refractivity contribution in [2.75, 3.05) is 102 Å². The molecule has 0 radical (unpaired) electrons. The molecular weight excluding hydrogens is 1550 g/mol. The van der Waals surface area contributed by atoms with E-state index in [2.05, 4.69) is 417 Å². The highest BCUT2D eigenvalue weighted by Crippen LogP contribution is 2.31. The first-order valence-corrected chi connectivity index (χ1v) is 47.8. The van der Waals surface area contributed by atoms with Crippen molar-refractivity contribution in [3.63, 3.8) is 0 Å².